The Morgan fingerprint density at radius 1 is 0.973 bits per heavy atom. The Bertz CT molecular complexity index is 1290. The summed E-state index contributed by atoms with van der Waals surface area (Å²) in [5, 5.41) is 11.8. The van der Waals surface area contributed by atoms with Crippen LogP contribution >= 0.6 is 0 Å². The van der Waals surface area contributed by atoms with E-state index in [1.807, 2.05) is 32.3 Å². The van der Waals surface area contributed by atoms with Gasteiger partial charge in [-0.15, -0.1) is 0 Å². The number of hydrogen-bond acceptors (Lipinski definition) is 4. The fraction of sp³-hybridized carbons (Fsp3) is 0.233. The predicted octanol–water partition coefficient (Wildman–Crippen LogP) is 4.58. The number of rotatable bonds is 8. The Kier molecular flexibility index (Phi) is 8.03. The molecule has 1 unspecified atom stereocenters. The summed E-state index contributed by atoms with van der Waals surface area (Å²) < 4.78 is 0. The number of carboxylic acids is 1. The monoisotopic (exact) mass is 497 g/mol. The normalized spacial score (nSPS) is 15.3. The molecule has 1 heterocycles. The first-order valence-corrected chi connectivity index (χ1v) is 12.3. The fourth-order valence-corrected chi connectivity index (χ4v) is 4.36. The van der Waals surface area contributed by atoms with Crippen molar-refractivity contribution in [1.29, 1.82) is 0 Å². The van der Waals surface area contributed by atoms with Gasteiger partial charge in [0.2, 0.25) is 11.8 Å². The standard InChI is InChI=1S/C30H31N3O4/c1-32(2)26-14-11-24(12-15-26)23-9-6-22(7-10-23)20-33(30(37)25-13-16-28(34)31-19-25)27-5-3-4-21(18-27)8-17-29(35)36/h3-12,14-15,17-18,25H,13,16,19-20H2,1-2H3,(H,31,34)(H,35,36). The quantitative estimate of drug-likeness (QED) is 0.445. The molecule has 0 bridgehead atoms. The maximum atomic E-state index is 13.6. The van der Waals surface area contributed by atoms with Crippen LogP contribution in [-0.2, 0) is 20.9 Å². The Labute approximate surface area is 217 Å². The average molecular weight is 498 g/mol. The topological polar surface area (TPSA) is 90.0 Å². The van der Waals surface area contributed by atoms with Gasteiger partial charge in [0, 0.05) is 44.5 Å². The molecule has 4 rings (SSSR count). The van der Waals surface area contributed by atoms with Crippen molar-refractivity contribution in [1.82, 2.24) is 5.32 Å². The number of nitrogens with one attached hydrogen (secondary N) is 1. The third kappa shape index (κ3) is 6.64. The van der Waals surface area contributed by atoms with Crippen LogP contribution in [0.3, 0.4) is 0 Å². The molecule has 190 valence electrons. The molecule has 7 heteroatoms. The molecular formula is C30H31N3O4. The molecular weight excluding hydrogens is 466 g/mol. The molecule has 2 N–H and O–H groups in total. The number of carboxylic acid groups (broad SMARTS) is 1. The Balaban J connectivity index is 1.59. The lowest BCUT2D eigenvalue weighted by Crippen LogP contribution is -2.44. The van der Waals surface area contributed by atoms with Gasteiger partial charge in [0.25, 0.3) is 0 Å². The van der Waals surface area contributed by atoms with Crippen molar-refractivity contribution in [3.05, 3.63) is 90.0 Å². The van der Waals surface area contributed by atoms with Gasteiger partial charge in [-0.25, -0.2) is 4.79 Å². The maximum Gasteiger partial charge on any atom is 0.328 e. The summed E-state index contributed by atoms with van der Waals surface area (Å²) in [5.74, 6) is -1.45. The number of benzene rings is 3. The van der Waals surface area contributed by atoms with Gasteiger partial charge >= 0.3 is 5.97 Å². The largest absolute Gasteiger partial charge is 0.478 e. The SMILES string of the molecule is CN(C)c1ccc(-c2ccc(CN(C(=O)C3CCC(=O)NC3)c3cccc(C=CC(=O)O)c3)cc2)cc1. The molecule has 0 saturated carbocycles. The van der Waals surface area contributed by atoms with Crippen molar-refractivity contribution in [2.24, 2.45) is 5.92 Å². The summed E-state index contributed by atoms with van der Waals surface area (Å²) in [6.07, 6.45) is 3.41. The zero-order valence-electron chi connectivity index (χ0n) is 21.1. The third-order valence-corrected chi connectivity index (χ3v) is 6.49. The van der Waals surface area contributed by atoms with E-state index >= 15 is 0 Å². The zero-order chi connectivity index (χ0) is 26.4. The zero-order valence-corrected chi connectivity index (χ0v) is 21.1. The van der Waals surface area contributed by atoms with E-state index in [2.05, 4.69) is 46.6 Å². The Morgan fingerprint density at radius 3 is 2.24 bits per heavy atom. The summed E-state index contributed by atoms with van der Waals surface area (Å²) >= 11 is 0. The number of anilines is 2. The van der Waals surface area contributed by atoms with Gasteiger partial charge < -0.3 is 20.2 Å². The number of amides is 2. The Morgan fingerprint density at radius 2 is 1.65 bits per heavy atom. The molecule has 1 fully saturated rings. The number of aliphatic carboxylic acids is 1. The molecule has 0 spiro atoms. The lowest BCUT2D eigenvalue weighted by molar-refractivity contribution is -0.131. The van der Waals surface area contributed by atoms with E-state index in [0.29, 0.717) is 37.2 Å². The minimum absolute atomic E-state index is 0.0365. The van der Waals surface area contributed by atoms with E-state index in [1.165, 1.54) is 6.08 Å². The molecule has 2 amide bonds. The number of nitrogens with zero attached hydrogens (tertiary/aromatic N) is 2. The molecule has 1 atom stereocenters. The van der Waals surface area contributed by atoms with Gasteiger partial charge in [-0.05, 0) is 59.0 Å². The van der Waals surface area contributed by atoms with Crippen LogP contribution < -0.4 is 15.1 Å². The van der Waals surface area contributed by atoms with Crippen molar-refractivity contribution in [3.8, 4) is 11.1 Å². The van der Waals surface area contributed by atoms with Crippen LogP contribution in [0.25, 0.3) is 17.2 Å². The number of hydrogen-bond donors (Lipinski definition) is 2. The van der Waals surface area contributed by atoms with Crippen molar-refractivity contribution in [2.75, 3.05) is 30.4 Å². The second kappa shape index (κ2) is 11.6. The van der Waals surface area contributed by atoms with Crippen LogP contribution in [0, 0.1) is 5.92 Å². The smallest absolute Gasteiger partial charge is 0.328 e. The van der Waals surface area contributed by atoms with Gasteiger partial charge in [0.1, 0.15) is 0 Å². The van der Waals surface area contributed by atoms with Gasteiger partial charge in [-0.2, -0.15) is 0 Å². The molecule has 1 aliphatic heterocycles. The second-order valence-electron chi connectivity index (χ2n) is 9.37. The van der Waals surface area contributed by atoms with E-state index < -0.39 is 5.97 Å². The van der Waals surface area contributed by atoms with Gasteiger partial charge in [-0.1, -0.05) is 48.5 Å². The van der Waals surface area contributed by atoms with Crippen molar-refractivity contribution in [3.63, 3.8) is 0 Å². The van der Waals surface area contributed by atoms with Crippen molar-refractivity contribution in [2.45, 2.75) is 19.4 Å². The molecule has 1 aliphatic rings. The predicted molar refractivity (Wildman–Crippen MR) is 146 cm³/mol. The molecule has 1 saturated heterocycles. The lowest BCUT2D eigenvalue weighted by atomic mass is 9.96. The van der Waals surface area contributed by atoms with Crippen molar-refractivity contribution >= 4 is 35.2 Å². The van der Waals surface area contributed by atoms with Crippen LogP contribution in [0.15, 0.2) is 78.9 Å². The molecule has 0 aliphatic carbocycles. The Hall–Kier alpha value is -4.39. The first-order valence-electron chi connectivity index (χ1n) is 12.3. The van der Waals surface area contributed by atoms with Gasteiger partial charge in [0.05, 0.1) is 12.5 Å². The number of carbonyl (C=O) groups excluding carboxylic acids is 2. The number of carbonyl (C=O) groups is 3. The highest BCUT2D eigenvalue weighted by Gasteiger charge is 2.29. The second-order valence-corrected chi connectivity index (χ2v) is 9.37. The molecule has 3 aromatic carbocycles. The first-order chi connectivity index (χ1) is 17.8. The minimum atomic E-state index is -1.03. The fourth-order valence-electron chi connectivity index (χ4n) is 4.36. The van der Waals surface area contributed by atoms with E-state index in [1.54, 1.807) is 23.1 Å². The van der Waals surface area contributed by atoms with Crippen LogP contribution in [0.5, 0.6) is 0 Å². The van der Waals surface area contributed by atoms with E-state index in [4.69, 9.17) is 5.11 Å². The first kappa shape index (κ1) is 25.7. The molecule has 0 aromatic heterocycles. The van der Waals surface area contributed by atoms with Crippen LogP contribution in [-0.4, -0.2) is 43.5 Å². The van der Waals surface area contributed by atoms with Gasteiger partial charge in [0.15, 0.2) is 0 Å². The highest BCUT2D eigenvalue weighted by Crippen LogP contribution is 2.27. The maximum absolute atomic E-state index is 13.6. The summed E-state index contributed by atoms with van der Waals surface area (Å²) in [7, 11) is 4.02. The summed E-state index contributed by atoms with van der Waals surface area (Å²) in [6.45, 7) is 0.671. The number of piperidine rings is 1. The molecule has 37 heavy (non-hydrogen) atoms. The van der Waals surface area contributed by atoms with Crippen LogP contribution in [0.2, 0.25) is 0 Å². The highest BCUT2D eigenvalue weighted by molar-refractivity contribution is 5.96. The van der Waals surface area contributed by atoms with E-state index in [0.717, 1.165) is 28.5 Å². The highest BCUT2D eigenvalue weighted by atomic mass is 16.4. The van der Waals surface area contributed by atoms with Crippen molar-refractivity contribution < 1.29 is 19.5 Å². The summed E-state index contributed by atoms with van der Waals surface area (Å²) in [4.78, 5) is 40.0. The van der Waals surface area contributed by atoms with Gasteiger partial charge in [-0.3, -0.25) is 9.59 Å². The molecule has 3 aromatic rings. The summed E-state index contributed by atoms with van der Waals surface area (Å²) in [6, 6.07) is 23.7. The molecule has 0 radical (unpaired) electrons. The van der Waals surface area contributed by atoms with E-state index in [9.17, 15) is 14.4 Å². The average Bonchev–Trinajstić information content (AvgIpc) is 2.91. The molecule has 7 nitrogen and oxygen atoms in total. The summed E-state index contributed by atoms with van der Waals surface area (Å²) in [5.41, 5.74) is 5.66. The van der Waals surface area contributed by atoms with E-state index in [-0.39, 0.29) is 17.7 Å². The minimum Gasteiger partial charge on any atom is -0.478 e. The van der Waals surface area contributed by atoms with Crippen LogP contribution in [0.1, 0.15) is 24.0 Å². The third-order valence-electron chi connectivity index (χ3n) is 6.49. The lowest BCUT2D eigenvalue weighted by Gasteiger charge is -2.30. The van der Waals surface area contributed by atoms with Crippen LogP contribution in [0.4, 0.5) is 11.4 Å².